The second-order valence-electron chi connectivity index (χ2n) is 8.78. The minimum absolute atomic E-state index is 0.0386. The van der Waals surface area contributed by atoms with Gasteiger partial charge in [-0.2, -0.15) is 5.10 Å². The van der Waals surface area contributed by atoms with Gasteiger partial charge in [0.25, 0.3) is 0 Å². The van der Waals surface area contributed by atoms with E-state index in [1.165, 1.54) is 28.5 Å². The van der Waals surface area contributed by atoms with Crippen LogP contribution in [0.5, 0.6) is 5.88 Å². The van der Waals surface area contributed by atoms with E-state index in [-0.39, 0.29) is 10.9 Å². The van der Waals surface area contributed by atoms with Gasteiger partial charge in [0.15, 0.2) is 9.92 Å². The first kappa shape index (κ1) is 22.3. The van der Waals surface area contributed by atoms with Crippen molar-refractivity contribution < 1.29 is 18.5 Å². The van der Waals surface area contributed by atoms with Gasteiger partial charge in [-0.15, -0.1) is 4.36 Å². The Hall–Kier alpha value is -2.47. The number of rotatable bonds is 6. The molecule has 0 radical (unpaired) electrons. The van der Waals surface area contributed by atoms with Crippen molar-refractivity contribution in [2.45, 2.75) is 56.0 Å². The number of carbonyl (C=O) groups is 1. The van der Waals surface area contributed by atoms with Gasteiger partial charge in [-0.3, -0.25) is 0 Å². The van der Waals surface area contributed by atoms with Gasteiger partial charge in [-0.1, -0.05) is 6.07 Å². The Morgan fingerprint density at radius 1 is 1.30 bits per heavy atom. The van der Waals surface area contributed by atoms with E-state index in [2.05, 4.69) is 26.2 Å². The largest absolute Gasteiger partial charge is 0.475 e. The fraction of sp³-hybridized carbons (Fsp3) is 0.545. The number of carbonyl (C=O) groups excluding carboxylic acids is 1. The molecule has 0 saturated heterocycles. The van der Waals surface area contributed by atoms with Crippen molar-refractivity contribution in [1.82, 2.24) is 15.1 Å². The van der Waals surface area contributed by atoms with Gasteiger partial charge in [0.05, 0.1) is 25.4 Å². The van der Waals surface area contributed by atoms with Crippen molar-refractivity contribution in [2.24, 2.45) is 9.50 Å². The third-order valence-corrected chi connectivity index (χ3v) is 7.90. The lowest BCUT2D eigenvalue weighted by Crippen LogP contribution is -2.43. The number of hydrogen-bond acceptors (Lipinski definition) is 6. The van der Waals surface area contributed by atoms with Crippen molar-refractivity contribution in [1.29, 1.82) is 0 Å². The number of anilines is 1. The second kappa shape index (κ2) is 9.05. The van der Waals surface area contributed by atoms with Gasteiger partial charge in [0, 0.05) is 19.3 Å². The molecule has 0 spiro atoms. The predicted octanol–water partition coefficient (Wildman–Crippen LogP) is 1.79. The molecule has 178 valence electrons. The van der Waals surface area contributed by atoms with Crippen LogP contribution in [-0.4, -0.2) is 52.9 Å². The second-order valence-corrected chi connectivity index (χ2v) is 10.5. The maximum Gasteiger partial charge on any atom is 0.354 e. The van der Waals surface area contributed by atoms with E-state index < -0.39 is 15.9 Å². The molecule has 2 unspecified atom stereocenters. The number of methoxy groups -OCH3 is 1. The molecule has 0 fully saturated rings. The van der Waals surface area contributed by atoms with Crippen LogP contribution >= 0.6 is 0 Å². The van der Waals surface area contributed by atoms with Crippen molar-refractivity contribution in [3.63, 3.8) is 0 Å². The zero-order chi connectivity index (χ0) is 23.0. The highest BCUT2D eigenvalue weighted by molar-refractivity contribution is 7.91. The highest BCUT2D eigenvalue weighted by atomic mass is 32.2. The van der Waals surface area contributed by atoms with E-state index in [0.717, 1.165) is 44.2 Å². The number of ether oxygens (including phenoxy) is 2. The lowest BCUT2D eigenvalue weighted by Gasteiger charge is -2.25. The van der Waals surface area contributed by atoms with Gasteiger partial charge < -0.3 is 20.1 Å². The Balaban J connectivity index is 1.36. The number of urea groups is 1. The van der Waals surface area contributed by atoms with Crippen molar-refractivity contribution >= 4 is 21.6 Å². The van der Waals surface area contributed by atoms with Crippen molar-refractivity contribution in [2.75, 3.05) is 32.2 Å². The summed E-state index contributed by atoms with van der Waals surface area (Å²) in [4.78, 5) is 13.0. The summed E-state index contributed by atoms with van der Waals surface area (Å²) in [6, 6.07) is 1.63. The first-order valence-corrected chi connectivity index (χ1v) is 13.0. The number of nitrogens with two attached hydrogens (primary N) is 1. The highest BCUT2D eigenvalue weighted by Crippen LogP contribution is 2.38. The van der Waals surface area contributed by atoms with Gasteiger partial charge >= 0.3 is 6.03 Å². The van der Waals surface area contributed by atoms with E-state index in [1.54, 1.807) is 11.8 Å². The average molecular weight is 475 g/mol. The fourth-order valence-electron chi connectivity index (χ4n) is 5.03. The summed E-state index contributed by atoms with van der Waals surface area (Å²) in [5.41, 5.74) is 5.81. The molecule has 1 aromatic carbocycles. The standard InChI is InChI=1S/C22H30N6O4S/c1-31-9-8-24-16-12-28-21(32-13-16)19(11-25-28)33(23,30)27-22(29)26-20-17-6-2-4-14(17)10-15-5-3-7-18(15)20/h10-11,16,24H,2-9,12-13H2,1H3,(H3,23,26,27,29,30). The normalized spacial score (nSPS) is 20.4. The highest BCUT2D eigenvalue weighted by Gasteiger charge is 2.29. The monoisotopic (exact) mass is 474 g/mol. The minimum Gasteiger partial charge on any atom is -0.475 e. The van der Waals surface area contributed by atoms with Crippen LogP contribution in [0.4, 0.5) is 10.5 Å². The number of aryl methyl sites for hydroxylation is 2. The SMILES string of the molecule is COCCNC1COc2c(S(N)(=O)=NC(=O)Nc3c4c(cc5c3CCC5)CCC4)cnn2C1. The molecule has 2 aliphatic carbocycles. The molecule has 1 aliphatic heterocycles. The molecule has 2 aromatic rings. The third kappa shape index (κ3) is 4.37. The Labute approximate surface area is 193 Å². The van der Waals surface area contributed by atoms with Crippen LogP contribution < -0.4 is 20.5 Å². The van der Waals surface area contributed by atoms with Crippen LogP contribution in [0, 0.1) is 0 Å². The van der Waals surface area contributed by atoms with Crippen LogP contribution in [0.15, 0.2) is 21.5 Å². The predicted molar refractivity (Wildman–Crippen MR) is 124 cm³/mol. The molecule has 4 N–H and O–H groups in total. The molecule has 33 heavy (non-hydrogen) atoms. The van der Waals surface area contributed by atoms with E-state index in [9.17, 15) is 9.00 Å². The lowest BCUT2D eigenvalue weighted by atomic mass is 9.99. The molecule has 5 rings (SSSR count). The summed E-state index contributed by atoms with van der Waals surface area (Å²) < 4.78 is 29.6. The Kier molecular flexibility index (Phi) is 6.12. The van der Waals surface area contributed by atoms with Gasteiger partial charge in [0.2, 0.25) is 5.88 Å². The number of nitrogens with zero attached hydrogens (tertiary/aromatic N) is 3. The number of nitrogens with one attached hydrogen (secondary N) is 2. The molecular weight excluding hydrogens is 444 g/mol. The maximum absolute atomic E-state index is 13.3. The zero-order valence-corrected chi connectivity index (χ0v) is 19.6. The number of benzene rings is 1. The summed E-state index contributed by atoms with van der Waals surface area (Å²) in [6.07, 6.45) is 7.44. The van der Waals surface area contributed by atoms with Gasteiger partial charge in [-0.25, -0.2) is 18.8 Å². The Morgan fingerprint density at radius 3 is 2.73 bits per heavy atom. The summed E-state index contributed by atoms with van der Waals surface area (Å²) in [5.74, 6) is 0.297. The smallest absolute Gasteiger partial charge is 0.354 e. The summed E-state index contributed by atoms with van der Waals surface area (Å²) in [6.45, 7) is 2.17. The lowest BCUT2D eigenvalue weighted by molar-refractivity contribution is 0.158. The molecule has 1 aromatic heterocycles. The minimum atomic E-state index is -3.53. The molecule has 0 bridgehead atoms. The molecule has 2 atom stereocenters. The molecule has 11 heteroatoms. The molecular formula is C22H30N6O4S. The summed E-state index contributed by atoms with van der Waals surface area (Å²) in [5, 5.41) is 16.5. The van der Waals surface area contributed by atoms with E-state index >= 15 is 0 Å². The van der Waals surface area contributed by atoms with E-state index in [1.807, 2.05) is 0 Å². The molecule has 2 heterocycles. The molecule has 0 saturated carbocycles. The van der Waals surface area contributed by atoms with Crippen LogP contribution in [0.3, 0.4) is 0 Å². The number of hydrogen-bond donors (Lipinski definition) is 3. The maximum atomic E-state index is 13.3. The quantitative estimate of drug-likeness (QED) is 0.547. The Bertz CT molecular complexity index is 1170. The molecule has 2 amide bonds. The van der Waals surface area contributed by atoms with Gasteiger partial charge in [0.1, 0.15) is 11.5 Å². The number of aromatic nitrogens is 2. The van der Waals surface area contributed by atoms with Crippen molar-refractivity contribution in [3.05, 3.63) is 34.5 Å². The van der Waals surface area contributed by atoms with Gasteiger partial charge in [-0.05, 0) is 60.8 Å². The van der Waals surface area contributed by atoms with E-state index in [0.29, 0.717) is 32.2 Å². The third-order valence-electron chi connectivity index (χ3n) is 6.55. The zero-order valence-electron chi connectivity index (χ0n) is 18.8. The van der Waals surface area contributed by atoms with Crippen LogP contribution in [0.2, 0.25) is 0 Å². The van der Waals surface area contributed by atoms with Crippen molar-refractivity contribution in [3.8, 4) is 5.88 Å². The first-order chi connectivity index (χ1) is 16.0. The number of amides is 2. The fourth-order valence-corrected chi connectivity index (χ4v) is 6.04. The molecule has 3 aliphatic rings. The van der Waals surface area contributed by atoms with E-state index in [4.69, 9.17) is 14.6 Å². The van der Waals surface area contributed by atoms with Crippen LogP contribution in [0.1, 0.15) is 35.1 Å². The average Bonchev–Trinajstić information content (AvgIpc) is 3.52. The molecule has 10 nitrogen and oxygen atoms in total. The first-order valence-electron chi connectivity index (χ1n) is 11.4. The van der Waals surface area contributed by atoms with Crippen LogP contribution in [-0.2, 0) is 46.9 Å². The topological polar surface area (TPSA) is 133 Å². The summed E-state index contributed by atoms with van der Waals surface area (Å²) in [7, 11) is -1.88. The number of fused-ring (bicyclic) bond motifs is 3. The summed E-state index contributed by atoms with van der Waals surface area (Å²) >= 11 is 0. The van der Waals surface area contributed by atoms with Crippen LogP contribution in [0.25, 0.3) is 0 Å². The Morgan fingerprint density at radius 2 is 2.03 bits per heavy atom.